The van der Waals surface area contributed by atoms with Gasteiger partial charge in [-0.25, -0.2) is 0 Å². The third kappa shape index (κ3) is 4.21. The number of carbonyl (C=O) groups is 1. The first-order chi connectivity index (χ1) is 10.1. The maximum Gasteiger partial charge on any atom is 0.241 e. The Labute approximate surface area is 127 Å². The Hall–Kier alpha value is -1.55. The van der Waals surface area contributed by atoms with Crippen LogP contribution in [0.5, 0.6) is 5.75 Å². The van der Waals surface area contributed by atoms with E-state index in [1.165, 1.54) is 19.3 Å². The average Bonchev–Trinajstić information content (AvgIpc) is 2.50. The number of methoxy groups -OCH3 is 1. The number of carbonyl (C=O) groups excluding carboxylic acids is 1. The average molecular weight is 290 g/mol. The summed E-state index contributed by atoms with van der Waals surface area (Å²) in [5.41, 5.74) is 0.718. The van der Waals surface area contributed by atoms with E-state index < -0.39 is 0 Å². The van der Waals surface area contributed by atoms with Gasteiger partial charge in [0.05, 0.1) is 18.8 Å². The van der Waals surface area contributed by atoms with E-state index in [0.717, 1.165) is 12.1 Å². The van der Waals surface area contributed by atoms with Crippen LogP contribution in [0.1, 0.15) is 39.5 Å². The number of amides is 1. The van der Waals surface area contributed by atoms with Crippen molar-refractivity contribution in [3.8, 4) is 5.75 Å². The molecule has 0 aromatic heterocycles. The SMILES string of the molecule is COc1ccccc1NC(=O)[C@H](C)N[C@@H]1CCCC[C@@H]1C. The van der Waals surface area contributed by atoms with E-state index in [1.54, 1.807) is 7.11 Å². The maximum atomic E-state index is 12.3. The second-order valence-electron chi connectivity index (χ2n) is 5.95. The van der Waals surface area contributed by atoms with Crippen LogP contribution in [0.25, 0.3) is 0 Å². The minimum Gasteiger partial charge on any atom is -0.495 e. The van der Waals surface area contributed by atoms with Crippen molar-refractivity contribution >= 4 is 11.6 Å². The third-order valence-corrected chi connectivity index (χ3v) is 4.33. The van der Waals surface area contributed by atoms with Crippen molar-refractivity contribution in [3.05, 3.63) is 24.3 Å². The van der Waals surface area contributed by atoms with Crippen molar-refractivity contribution in [3.63, 3.8) is 0 Å². The fourth-order valence-corrected chi connectivity index (χ4v) is 2.95. The highest BCUT2D eigenvalue weighted by Crippen LogP contribution is 2.25. The normalized spacial score (nSPS) is 23.4. The highest BCUT2D eigenvalue weighted by atomic mass is 16.5. The van der Waals surface area contributed by atoms with Crippen molar-refractivity contribution in [2.75, 3.05) is 12.4 Å². The molecule has 1 saturated carbocycles. The van der Waals surface area contributed by atoms with Crippen molar-refractivity contribution in [2.24, 2.45) is 5.92 Å². The van der Waals surface area contributed by atoms with Gasteiger partial charge in [-0.05, 0) is 37.8 Å². The topological polar surface area (TPSA) is 50.4 Å². The molecule has 2 N–H and O–H groups in total. The molecule has 0 saturated heterocycles. The molecule has 0 aliphatic heterocycles. The highest BCUT2D eigenvalue weighted by molar-refractivity contribution is 5.95. The summed E-state index contributed by atoms with van der Waals surface area (Å²) in [6.45, 7) is 4.19. The smallest absolute Gasteiger partial charge is 0.241 e. The number of hydrogen-bond acceptors (Lipinski definition) is 3. The molecule has 1 amide bonds. The Morgan fingerprint density at radius 1 is 1.29 bits per heavy atom. The number of para-hydroxylation sites is 2. The lowest BCUT2D eigenvalue weighted by atomic mass is 9.85. The van der Waals surface area contributed by atoms with Crippen LogP contribution in [-0.2, 0) is 4.79 Å². The summed E-state index contributed by atoms with van der Waals surface area (Å²) in [4.78, 5) is 12.3. The molecular formula is C17H26N2O2. The molecule has 1 aromatic carbocycles. The van der Waals surface area contributed by atoms with Gasteiger partial charge in [-0.3, -0.25) is 4.79 Å². The lowest BCUT2D eigenvalue weighted by molar-refractivity contribution is -0.118. The monoisotopic (exact) mass is 290 g/mol. The minimum absolute atomic E-state index is 0.0164. The lowest BCUT2D eigenvalue weighted by Gasteiger charge is -2.31. The second kappa shape index (κ2) is 7.46. The Morgan fingerprint density at radius 2 is 2.00 bits per heavy atom. The summed E-state index contributed by atoms with van der Waals surface area (Å²) < 4.78 is 5.26. The van der Waals surface area contributed by atoms with Crippen LogP contribution in [0, 0.1) is 5.92 Å². The predicted octanol–water partition coefficient (Wildman–Crippen LogP) is 3.19. The van der Waals surface area contributed by atoms with Gasteiger partial charge in [0.25, 0.3) is 0 Å². The van der Waals surface area contributed by atoms with Gasteiger partial charge in [0.2, 0.25) is 5.91 Å². The molecule has 0 heterocycles. The van der Waals surface area contributed by atoms with Crippen LogP contribution < -0.4 is 15.4 Å². The minimum atomic E-state index is -0.208. The molecule has 4 nitrogen and oxygen atoms in total. The molecule has 1 aliphatic rings. The number of hydrogen-bond donors (Lipinski definition) is 2. The molecule has 4 heteroatoms. The van der Waals surface area contributed by atoms with Crippen LogP contribution in [0.3, 0.4) is 0 Å². The van der Waals surface area contributed by atoms with E-state index in [4.69, 9.17) is 4.74 Å². The molecule has 0 spiro atoms. The van der Waals surface area contributed by atoms with Crippen LogP contribution in [0.15, 0.2) is 24.3 Å². The first kappa shape index (κ1) is 15.8. The molecular weight excluding hydrogens is 264 g/mol. The van der Waals surface area contributed by atoms with Crippen LogP contribution in [-0.4, -0.2) is 25.1 Å². The molecule has 0 bridgehead atoms. The zero-order valence-corrected chi connectivity index (χ0v) is 13.2. The summed E-state index contributed by atoms with van der Waals surface area (Å²) >= 11 is 0. The van der Waals surface area contributed by atoms with Crippen LogP contribution in [0.4, 0.5) is 5.69 Å². The lowest BCUT2D eigenvalue weighted by Crippen LogP contribution is -2.47. The Bertz CT molecular complexity index is 476. The number of benzene rings is 1. The number of rotatable bonds is 5. The number of anilines is 1. The summed E-state index contributed by atoms with van der Waals surface area (Å²) in [5.74, 6) is 1.31. The fraction of sp³-hybridized carbons (Fsp3) is 0.588. The number of nitrogens with one attached hydrogen (secondary N) is 2. The van der Waals surface area contributed by atoms with Crippen molar-refractivity contribution in [1.82, 2.24) is 5.32 Å². The van der Waals surface area contributed by atoms with E-state index in [9.17, 15) is 4.79 Å². The largest absolute Gasteiger partial charge is 0.495 e. The zero-order valence-electron chi connectivity index (χ0n) is 13.2. The zero-order chi connectivity index (χ0) is 15.2. The Balaban J connectivity index is 1.93. The van der Waals surface area contributed by atoms with Gasteiger partial charge < -0.3 is 15.4 Å². The first-order valence-electron chi connectivity index (χ1n) is 7.81. The second-order valence-corrected chi connectivity index (χ2v) is 5.95. The van der Waals surface area contributed by atoms with Crippen LogP contribution >= 0.6 is 0 Å². The Kier molecular flexibility index (Phi) is 5.62. The van der Waals surface area contributed by atoms with Crippen LogP contribution in [0.2, 0.25) is 0 Å². The summed E-state index contributed by atoms with van der Waals surface area (Å²) in [6.07, 6.45) is 4.97. The van der Waals surface area contributed by atoms with E-state index in [1.807, 2.05) is 31.2 Å². The number of ether oxygens (including phenoxy) is 1. The van der Waals surface area contributed by atoms with E-state index in [0.29, 0.717) is 17.7 Å². The standard InChI is InChI=1S/C17H26N2O2/c1-12-8-4-5-9-14(12)18-13(2)17(20)19-15-10-6-7-11-16(15)21-3/h6-7,10-14,18H,4-5,8-9H2,1-3H3,(H,19,20)/t12-,13-,14+/m0/s1. The van der Waals surface area contributed by atoms with Gasteiger partial charge in [0.15, 0.2) is 0 Å². The van der Waals surface area contributed by atoms with Gasteiger partial charge >= 0.3 is 0 Å². The molecule has 21 heavy (non-hydrogen) atoms. The van der Waals surface area contributed by atoms with Gasteiger partial charge in [-0.1, -0.05) is 31.9 Å². The van der Waals surface area contributed by atoms with Crippen molar-refractivity contribution in [1.29, 1.82) is 0 Å². The summed E-state index contributed by atoms with van der Waals surface area (Å²) in [6, 6.07) is 7.71. The van der Waals surface area contributed by atoms with Crippen molar-refractivity contribution in [2.45, 2.75) is 51.6 Å². The summed E-state index contributed by atoms with van der Waals surface area (Å²) in [7, 11) is 1.61. The maximum absolute atomic E-state index is 12.3. The van der Waals surface area contributed by atoms with Gasteiger partial charge in [-0.15, -0.1) is 0 Å². The molecule has 0 radical (unpaired) electrons. The van der Waals surface area contributed by atoms with Gasteiger partial charge in [-0.2, -0.15) is 0 Å². The molecule has 1 aromatic rings. The first-order valence-corrected chi connectivity index (χ1v) is 7.81. The van der Waals surface area contributed by atoms with E-state index in [-0.39, 0.29) is 11.9 Å². The van der Waals surface area contributed by atoms with E-state index >= 15 is 0 Å². The summed E-state index contributed by atoms with van der Waals surface area (Å²) in [5, 5.41) is 6.41. The molecule has 0 unspecified atom stereocenters. The molecule has 1 aliphatic carbocycles. The Morgan fingerprint density at radius 3 is 2.71 bits per heavy atom. The van der Waals surface area contributed by atoms with Gasteiger partial charge in [0, 0.05) is 6.04 Å². The molecule has 116 valence electrons. The predicted molar refractivity (Wildman–Crippen MR) is 85.6 cm³/mol. The van der Waals surface area contributed by atoms with Crippen molar-refractivity contribution < 1.29 is 9.53 Å². The molecule has 2 rings (SSSR count). The molecule has 3 atom stereocenters. The third-order valence-electron chi connectivity index (χ3n) is 4.33. The molecule has 1 fully saturated rings. The fourth-order valence-electron chi connectivity index (χ4n) is 2.95. The van der Waals surface area contributed by atoms with E-state index in [2.05, 4.69) is 17.6 Å². The quantitative estimate of drug-likeness (QED) is 0.875. The van der Waals surface area contributed by atoms with Gasteiger partial charge in [0.1, 0.15) is 5.75 Å². The highest BCUT2D eigenvalue weighted by Gasteiger charge is 2.25.